The van der Waals surface area contributed by atoms with Gasteiger partial charge in [-0.25, -0.2) is 8.42 Å². The zero-order valence-electron chi connectivity index (χ0n) is 16.5. The molecule has 0 spiro atoms. The Labute approximate surface area is 171 Å². The summed E-state index contributed by atoms with van der Waals surface area (Å²) in [7, 11) is 0.709. The quantitative estimate of drug-likeness (QED) is 0.556. The van der Waals surface area contributed by atoms with E-state index in [-0.39, 0.29) is 4.90 Å². The number of hydrogen-bond donors (Lipinski definition) is 0. The maximum Gasteiger partial charge on any atom is 0.264 e. The second-order valence-electron chi connectivity index (χ2n) is 6.26. The van der Waals surface area contributed by atoms with Crippen molar-refractivity contribution in [1.29, 1.82) is 0 Å². The smallest absolute Gasteiger partial charge is 0.264 e. The highest BCUT2D eigenvalue weighted by Gasteiger charge is 2.23. The van der Waals surface area contributed by atoms with Crippen molar-refractivity contribution in [2.45, 2.75) is 11.5 Å². The molecule has 0 heterocycles. The maximum absolute atomic E-state index is 13.0. The van der Waals surface area contributed by atoms with Gasteiger partial charge in [-0.2, -0.15) is 0 Å². The van der Waals surface area contributed by atoms with Gasteiger partial charge < -0.3 is 14.2 Å². The van der Waals surface area contributed by atoms with Crippen LogP contribution in [-0.2, 0) is 16.6 Å². The van der Waals surface area contributed by atoms with Crippen molar-refractivity contribution >= 4 is 15.7 Å². The lowest BCUT2D eigenvalue weighted by molar-refractivity contribution is 0.306. The third-order valence-electron chi connectivity index (χ3n) is 4.46. The van der Waals surface area contributed by atoms with Crippen LogP contribution in [0.15, 0.2) is 77.7 Å². The molecule has 0 aliphatic carbocycles. The summed E-state index contributed by atoms with van der Waals surface area (Å²) in [6.07, 6.45) is 0. The normalized spacial score (nSPS) is 11.0. The number of rotatable bonds is 8. The van der Waals surface area contributed by atoms with Gasteiger partial charge in [0.05, 0.1) is 24.8 Å². The first kappa shape index (κ1) is 20.5. The zero-order valence-corrected chi connectivity index (χ0v) is 17.3. The van der Waals surface area contributed by atoms with Gasteiger partial charge >= 0.3 is 0 Å². The summed E-state index contributed by atoms with van der Waals surface area (Å²) in [5.41, 5.74) is 1.58. The minimum Gasteiger partial charge on any atom is -0.493 e. The van der Waals surface area contributed by atoms with Crippen LogP contribution in [0, 0.1) is 0 Å². The van der Waals surface area contributed by atoms with E-state index >= 15 is 0 Å². The molecular weight excluding hydrogens is 390 g/mol. The predicted octanol–water partition coefficient (Wildman–Crippen LogP) is 4.11. The molecule has 3 aromatic rings. The molecule has 0 aliphatic rings. The van der Waals surface area contributed by atoms with E-state index in [1.807, 2.05) is 30.3 Å². The van der Waals surface area contributed by atoms with Crippen LogP contribution in [-0.4, -0.2) is 29.7 Å². The van der Waals surface area contributed by atoms with Crippen molar-refractivity contribution in [2.24, 2.45) is 0 Å². The highest BCUT2D eigenvalue weighted by molar-refractivity contribution is 7.92. The standard InChI is InChI=1S/C22H23NO5S/c1-23(29(24,25)20-13-14-21(26-2)22(15-20)27-3)18-9-11-19(12-10-18)28-16-17-7-5-4-6-8-17/h4-15H,16H2,1-3H3. The Balaban J connectivity index is 1.76. The minimum absolute atomic E-state index is 0.113. The van der Waals surface area contributed by atoms with Gasteiger partial charge in [-0.1, -0.05) is 30.3 Å². The van der Waals surface area contributed by atoms with Crippen LogP contribution in [0.1, 0.15) is 5.56 Å². The molecular formula is C22H23NO5S. The van der Waals surface area contributed by atoms with E-state index in [2.05, 4.69) is 0 Å². The Bertz CT molecular complexity index is 1050. The molecule has 0 saturated heterocycles. The number of ether oxygens (including phenoxy) is 3. The van der Waals surface area contributed by atoms with Crippen LogP contribution >= 0.6 is 0 Å². The Morgan fingerprint density at radius 3 is 2.10 bits per heavy atom. The lowest BCUT2D eigenvalue weighted by Gasteiger charge is -2.20. The molecule has 0 saturated carbocycles. The number of benzene rings is 3. The molecule has 0 amide bonds. The minimum atomic E-state index is -3.76. The van der Waals surface area contributed by atoms with E-state index in [0.29, 0.717) is 29.5 Å². The largest absolute Gasteiger partial charge is 0.493 e. The van der Waals surface area contributed by atoms with Crippen molar-refractivity contribution in [3.05, 3.63) is 78.4 Å². The van der Waals surface area contributed by atoms with Crippen LogP contribution in [0.4, 0.5) is 5.69 Å². The van der Waals surface area contributed by atoms with Crippen molar-refractivity contribution in [2.75, 3.05) is 25.6 Å². The molecule has 152 valence electrons. The molecule has 3 aromatic carbocycles. The van der Waals surface area contributed by atoms with Crippen molar-refractivity contribution in [3.63, 3.8) is 0 Å². The van der Waals surface area contributed by atoms with Gasteiger partial charge in [0.2, 0.25) is 0 Å². The fourth-order valence-electron chi connectivity index (χ4n) is 2.77. The molecule has 0 bridgehead atoms. The average molecular weight is 413 g/mol. The van der Waals surface area contributed by atoms with E-state index in [4.69, 9.17) is 14.2 Å². The Morgan fingerprint density at radius 2 is 1.48 bits per heavy atom. The summed E-state index contributed by atoms with van der Waals surface area (Å²) < 4.78 is 43.3. The summed E-state index contributed by atoms with van der Waals surface area (Å²) in [5.74, 6) is 1.48. The van der Waals surface area contributed by atoms with Crippen molar-refractivity contribution in [3.8, 4) is 17.2 Å². The SMILES string of the molecule is COc1ccc(S(=O)(=O)N(C)c2ccc(OCc3ccccc3)cc2)cc1OC. The Kier molecular flexibility index (Phi) is 6.29. The van der Waals surface area contributed by atoms with Crippen LogP contribution in [0.2, 0.25) is 0 Å². The first-order valence-corrected chi connectivity index (χ1v) is 10.4. The summed E-state index contributed by atoms with van der Waals surface area (Å²) in [5, 5.41) is 0. The summed E-state index contributed by atoms with van der Waals surface area (Å²) in [4.78, 5) is 0.113. The second kappa shape index (κ2) is 8.87. The third kappa shape index (κ3) is 4.63. The fraction of sp³-hybridized carbons (Fsp3) is 0.182. The molecule has 0 unspecified atom stereocenters. The van der Waals surface area contributed by atoms with Crippen LogP contribution < -0.4 is 18.5 Å². The molecule has 0 aromatic heterocycles. The van der Waals surface area contributed by atoms with E-state index < -0.39 is 10.0 Å². The number of methoxy groups -OCH3 is 2. The van der Waals surface area contributed by atoms with Crippen LogP contribution in [0.25, 0.3) is 0 Å². The molecule has 3 rings (SSSR count). The van der Waals surface area contributed by atoms with E-state index in [9.17, 15) is 8.42 Å². The lowest BCUT2D eigenvalue weighted by Crippen LogP contribution is -2.26. The molecule has 0 radical (unpaired) electrons. The average Bonchev–Trinajstić information content (AvgIpc) is 2.77. The van der Waals surface area contributed by atoms with Gasteiger partial charge in [0.1, 0.15) is 12.4 Å². The molecule has 6 nitrogen and oxygen atoms in total. The van der Waals surface area contributed by atoms with Gasteiger partial charge in [-0.3, -0.25) is 4.31 Å². The van der Waals surface area contributed by atoms with Gasteiger partial charge in [-0.05, 0) is 42.0 Å². The lowest BCUT2D eigenvalue weighted by atomic mass is 10.2. The number of nitrogens with zero attached hydrogens (tertiary/aromatic N) is 1. The summed E-state index contributed by atoms with van der Waals surface area (Å²) >= 11 is 0. The third-order valence-corrected chi connectivity index (χ3v) is 6.24. The number of anilines is 1. The predicted molar refractivity (Wildman–Crippen MR) is 112 cm³/mol. The number of hydrogen-bond acceptors (Lipinski definition) is 5. The van der Waals surface area contributed by atoms with Crippen molar-refractivity contribution < 1.29 is 22.6 Å². The van der Waals surface area contributed by atoms with Gasteiger partial charge in [-0.15, -0.1) is 0 Å². The second-order valence-corrected chi connectivity index (χ2v) is 8.23. The summed E-state index contributed by atoms with van der Waals surface area (Å²) in [6.45, 7) is 0.444. The van der Waals surface area contributed by atoms with Crippen LogP contribution in [0.5, 0.6) is 17.2 Å². The molecule has 0 atom stereocenters. The molecule has 0 N–H and O–H groups in total. The topological polar surface area (TPSA) is 65.1 Å². The monoisotopic (exact) mass is 413 g/mol. The highest BCUT2D eigenvalue weighted by atomic mass is 32.2. The highest BCUT2D eigenvalue weighted by Crippen LogP contribution is 2.32. The van der Waals surface area contributed by atoms with Gasteiger partial charge in [0, 0.05) is 13.1 Å². The fourth-order valence-corrected chi connectivity index (χ4v) is 3.98. The van der Waals surface area contributed by atoms with E-state index in [0.717, 1.165) is 5.56 Å². The number of sulfonamides is 1. The molecule has 29 heavy (non-hydrogen) atoms. The first-order valence-electron chi connectivity index (χ1n) is 8.93. The Morgan fingerprint density at radius 1 is 0.828 bits per heavy atom. The van der Waals surface area contributed by atoms with Crippen molar-refractivity contribution in [1.82, 2.24) is 0 Å². The van der Waals surface area contributed by atoms with E-state index in [1.165, 1.54) is 37.7 Å². The zero-order chi connectivity index (χ0) is 20.9. The van der Waals surface area contributed by atoms with Crippen LogP contribution in [0.3, 0.4) is 0 Å². The molecule has 0 fully saturated rings. The molecule has 7 heteroatoms. The first-order chi connectivity index (χ1) is 14.0. The maximum atomic E-state index is 13.0. The Hall–Kier alpha value is -3.19. The van der Waals surface area contributed by atoms with E-state index in [1.54, 1.807) is 30.3 Å². The molecule has 0 aliphatic heterocycles. The van der Waals surface area contributed by atoms with Gasteiger partial charge in [0.15, 0.2) is 11.5 Å². The van der Waals surface area contributed by atoms with Gasteiger partial charge in [0.25, 0.3) is 10.0 Å². The summed E-state index contributed by atoms with van der Waals surface area (Å²) in [6, 6.07) is 21.2.